The van der Waals surface area contributed by atoms with E-state index in [0.717, 1.165) is 5.56 Å². The molecule has 4 rings (SSSR count). The summed E-state index contributed by atoms with van der Waals surface area (Å²) < 4.78 is 11.0. The number of carbonyl (C=O) groups excluding carboxylic acids is 1. The average molecular weight is 375 g/mol. The summed E-state index contributed by atoms with van der Waals surface area (Å²) in [6.45, 7) is 1.78. The molecule has 1 N–H and O–H groups in total. The van der Waals surface area contributed by atoms with E-state index in [-0.39, 0.29) is 18.6 Å². The lowest BCUT2D eigenvalue weighted by atomic mass is 10.1. The first-order chi connectivity index (χ1) is 13.6. The van der Waals surface area contributed by atoms with Gasteiger partial charge in [-0.05, 0) is 25.1 Å². The second-order valence-corrected chi connectivity index (χ2v) is 6.27. The van der Waals surface area contributed by atoms with Crippen LogP contribution < -0.4 is 5.56 Å². The number of fused-ring (bicyclic) bond motifs is 1. The van der Waals surface area contributed by atoms with Gasteiger partial charge in [0.15, 0.2) is 0 Å². The minimum Gasteiger partial charge on any atom is -0.459 e. The molecule has 7 nitrogen and oxygen atoms in total. The second kappa shape index (κ2) is 7.48. The summed E-state index contributed by atoms with van der Waals surface area (Å²) in [6.07, 6.45) is -0.0558. The van der Waals surface area contributed by atoms with Crippen LogP contribution in [0, 0.1) is 6.92 Å². The van der Waals surface area contributed by atoms with E-state index in [1.54, 1.807) is 31.2 Å². The van der Waals surface area contributed by atoms with E-state index in [9.17, 15) is 9.59 Å². The van der Waals surface area contributed by atoms with Crippen LogP contribution in [0.4, 0.5) is 0 Å². The molecule has 0 aliphatic rings. The Balaban J connectivity index is 1.47. The predicted octanol–water partition coefficient (Wildman–Crippen LogP) is 3.17. The number of aromatic amines is 1. The Morgan fingerprint density at radius 2 is 1.75 bits per heavy atom. The fourth-order valence-electron chi connectivity index (χ4n) is 2.91. The van der Waals surface area contributed by atoms with Gasteiger partial charge in [-0.15, -0.1) is 0 Å². The Hall–Kier alpha value is -3.74. The van der Waals surface area contributed by atoms with Crippen LogP contribution in [-0.4, -0.2) is 21.2 Å². The van der Waals surface area contributed by atoms with Crippen molar-refractivity contribution in [3.63, 3.8) is 0 Å². The normalized spacial score (nSPS) is 10.9. The van der Waals surface area contributed by atoms with Crippen LogP contribution in [0.15, 0.2) is 63.8 Å². The summed E-state index contributed by atoms with van der Waals surface area (Å²) in [7, 11) is 0. The van der Waals surface area contributed by atoms with Gasteiger partial charge in [0.05, 0.1) is 17.5 Å². The quantitative estimate of drug-likeness (QED) is 0.538. The van der Waals surface area contributed by atoms with Crippen molar-refractivity contribution < 1.29 is 13.9 Å². The van der Waals surface area contributed by atoms with Gasteiger partial charge in [0, 0.05) is 10.9 Å². The number of nitrogens with one attached hydrogen (secondary N) is 1. The van der Waals surface area contributed by atoms with E-state index in [2.05, 4.69) is 15.2 Å². The highest BCUT2D eigenvalue weighted by atomic mass is 16.5. The number of ether oxygens (including phenoxy) is 1. The zero-order valence-corrected chi connectivity index (χ0v) is 15.1. The Morgan fingerprint density at radius 1 is 1.04 bits per heavy atom. The number of H-pyrrole nitrogens is 1. The van der Waals surface area contributed by atoms with Gasteiger partial charge in [0.1, 0.15) is 18.1 Å². The Morgan fingerprint density at radius 3 is 2.54 bits per heavy atom. The molecule has 0 radical (unpaired) electrons. The maximum atomic E-state index is 12.3. The Kier molecular flexibility index (Phi) is 4.72. The standard InChI is InChI=1S/C21H17N3O4/c1-13-18(22-21(28-13)14-7-3-2-4-8-14)12-27-19(25)11-17-15-9-5-6-10-16(15)20(26)24-23-17/h2-10H,11-12H2,1H3,(H,24,26). The van der Waals surface area contributed by atoms with E-state index in [0.29, 0.717) is 33.8 Å². The molecule has 0 amide bonds. The molecule has 0 unspecified atom stereocenters. The van der Waals surface area contributed by atoms with Crippen molar-refractivity contribution in [3.05, 3.63) is 82.1 Å². The summed E-state index contributed by atoms with van der Waals surface area (Å²) in [6, 6.07) is 16.5. The van der Waals surface area contributed by atoms with Crippen LogP contribution in [0.5, 0.6) is 0 Å². The van der Waals surface area contributed by atoms with Crippen molar-refractivity contribution in [2.45, 2.75) is 20.0 Å². The van der Waals surface area contributed by atoms with Crippen LogP contribution in [0.2, 0.25) is 0 Å². The smallest absolute Gasteiger partial charge is 0.312 e. The molecule has 0 aliphatic heterocycles. The molecule has 2 heterocycles. The highest BCUT2D eigenvalue weighted by molar-refractivity contribution is 5.86. The van der Waals surface area contributed by atoms with Gasteiger partial charge in [-0.2, -0.15) is 5.10 Å². The molecule has 0 fully saturated rings. The molecule has 0 spiro atoms. The summed E-state index contributed by atoms with van der Waals surface area (Å²) in [4.78, 5) is 28.5. The summed E-state index contributed by atoms with van der Waals surface area (Å²) in [5, 5.41) is 7.52. The number of oxazole rings is 1. The largest absolute Gasteiger partial charge is 0.459 e. The molecule has 28 heavy (non-hydrogen) atoms. The van der Waals surface area contributed by atoms with Crippen molar-refractivity contribution in [1.82, 2.24) is 15.2 Å². The van der Waals surface area contributed by atoms with E-state index in [4.69, 9.17) is 9.15 Å². The number of aromatic nitrogens is 3. The summed E-state index contributed by atoms with van der Waals surface area (Å²) in [5.41, 5.74) is 1.58. The molecule has 2 aromatic heterocycles. The van der Waals surface area contributed by atoms with Crippen molar-refractivity contribution in [1.29, 1.82) is 0 Å². The van der Waals surface area contributed by atoms with Gasteiger partial charge in [-0.3, -0.25) is 9.59 Å². The second-order valence-electron chi connectivity index (χ2n) is 6.27. The van der Waals surface area contributed by atoms with Crippen LogP contribution in [0.1, 0.15) is 17.1 Å². The molecule has 0 aliphatic carbocycles. The minimum absolute atomic E-state index is 0.00227. The lowest BCUT2D eigenvalue weighted by molar-refractivity contribution is -0.144. The average Bonchev–Trinajstić information content (AvgIpc) is 3.10. The third kappa shape index (κ3) is 3.55. The number of aryl methyl sites for hydroxylation is 1. The van der Waals surface area contributed by atoms with Crippen molar-refractivity contribution >= 4 is 16.7 Å². The third-order valence-electron chi connectivity index (χ3n) is 4.37. The van der Waals surface area contributed by atoms with Crippen LogP contribution >= 0.6 is 0 Å². The highest BCUT2D eigenvalue weighted by Gasteiger charge is 2.15. The molecule has 7 heteroatoms. The maximum absolute atomic E-state index is 12.3. The molecule has 0 saturated heterocycles. The summed E-state index contributed by atoms with van der Waals surface area (Å²) in [5.74, 6) is 0.616. The van der Waals surface area contributed by atoms with Crippen LogP contribution in [0.25, 0.3) is 22.2 Å². The van der Waals surface area contributed by atoms with E-state index >= 15 is 0 Å². The van der Waals surface area contributed by atoms with Crippen LogP contribution in [-0.2, 0) is 22.6 Å². The first-order valence-electron chi connectivity index (χ1n) is 8.75. The molecule has 0 bridgehead atoms. The van der Waals surface area contributed by atoms with E-state index in [1.807, 2.05) is 30.3 Å². The maximum Gasteiger partial charge on any atom is 0.312 e. The van der Waals surface area contributed by atoms with E-state index < -0.39 is 5.97 Å². The first-order valence-corrected chi connectivity index (χ1v) is 8.75. The Bertz CT molecular complexity index is 1200. The van der Waals surface area contributed by atoms with Gasteiger partial charge in [-0.25, -0.2) is 10.1 Å². The molecular formula is C21H17N3O4. The van der Waals surface area contributed by atoms with Crippen molar-refractivity contribution in [2.75, 3.05) is 0 Å². The predicted molar refractivity (Wildman–Crippen MR) is 103 cm³/mol. The van der Waals surface area contributed by atoms with E-state index in [1.165, 1.54) is 0 Å². The molecule has 140 valence electrons. The van der Waals surface area contributed by atoms with Crippen LogP contribution in [0.3, 0.4) is 0 Å². The Labute approximate surface area is 160 Å². The van der Waals surface area contributed by atoms with Crippen molar-refractivity contribution in [3.8, 4) is 11.5 Å². The van der Waals surface area contributed by atoms with Gasteiger partial charge < -0.3 is 9.15 Å². The number of hydrogen-bond donors (Lipinski definition) is 1. The van der Waals surface area contributed by atoms with Crippen molar-refractivity contribution in [2.24, 2.45) is 0 Å². The SMILES string of the molecule is Cc1oc(-c2ccccc2)nc1COC(=O)Cc1n[nH]c(=O)c2ccccc12. The number of rotatable bonds is 5. The van der Waals surface area contributed by atoms with Gasteiger partial charge >= 0.3 is 5.97 Å². The highest BCUT2D eigenvalue weighted by Crippen LogP contribution is 2.22. The number of benzene rings is 2. The van der Waals surface area contributed by atoms with Gasteiger partial charge in [0.2, 0.25) is 5.89 Å². The summed E-state index contributed by atoms with van der Waals surface area (Å²) >= 11 is 0. The number of carbonyl (C=O) groups is 1. The number of esters is 1. The topological polar surface area (TPSA) is 98.1 Å². The first kappa shape index (κ1) is 17.7. The number of hydrogen-bond acceptors (Lipinski definition) is 6. The fourth-order valence-corrected chi connectivity index (χ4v) is 2.91. The van der Waals surface area contributed by atoms with Gasteiger partial charge in [0.25, 0.3) is 5.56 Å². The monoisotopic (exact) mass is 375 g/mol. The fraction of sp³-hybridized carbons (Fsp3) is 0.143. The minimum atomic E-state index is -0.464. The lowest BCUT2D eigenvalue weighted by Crippen LogP contribution is -2.15. The number of nitrogens with zero attached hydrogens (tertiary/aromatic N) is 2. The zero-order valence-electron chi connectivity index (χ0n) is 15.1. The van der Waals surface area contributed by atoms with Gasteiger partial charge in [-0.1, -0.05) is 36.4 Å². The third-order valence-corrected chi connectivity index (χ3v) is 4.37. The molecule has 2 aromatic carbocycles. The molecule has 0 saturated carbocycles. The molecular weight excluding hydrogens is 358 g/mol. The lowest BCUT2D eigenvalue weighted by Gasteiger charge is -2.05. The zero-order chi connectivity index (χ0) is 19.5. The molecule has 0 atom stereocenters. The molecule has 4 aromatic rings.